The van der Waals surface area contributed by atoms with E-state index in [0.717, 1.165) is 11.3 Å². The van der Waals surface area contributed by atoms with Crippen molar-refractivity contribution in [2.24, 2.45) is 0 Å². The first-order valence-electron chi connectivity index (χ1n) is 6.82. The van der Waals surface area contributed by atoms with Crippen LogP contribution in [0.25, 0.3) is 0 Å². The molecule has 114 valence electrons. The maximum atomic E-state index is 9.92. The van der Waals surface area contributed by atoms with Crippen LogP contribution in [0.5, 0.6) is 5.75 Å². The Morgan fingerprint density at radius 3 is 2.65 bits per heavy atom. The second-order valence-corrected chi connectivity index (χ2v) is 5.96. The summed E-state index contributed by atoms with van der Waals surface area (Å²) < 4.78 is 5.60. The third-order valence-electron chi connectivity index (χ3n) is 3.24. The average molecular weight is 299 g/mol. The van der Waals surface area contributed by atoms with Crippen LogP contribution in [0, 0.1) is 6.92 Å². The summed E-state index contributed by atoms with van der Waals surface area (Å²) in [4.78, 5) is 0. The van der Waals surface area contributed by atoms with Crippen LogP contribution in [0.1, 0.15) is 12.5 Å². The van der Waals surface area contributed by atoms with Crippen LogP contribution in [0.15, 0.2) is 24.3 Å². The van der Waals surface area contributed by atoms with Crippen molar-refractivity contribution in [3.8, 4) is 5.75 Å². The van der Waals surface area contributed by atoms with Crippen LogP contribution >= 0.6 is 11.8 Å². The topological polar surface area (TPSA) is 61.7 Å². The van der Waals surface area contributed by atoms with E-state index in [9.17, 15) is 10.2 Å². The molecule has 0 fully saturated rings. The molecule has 0 radical (unpaired) electrons. The highest BCUT2D eigenvalue weighted by Gasteiger charge is 2.16. The third-order valence-corrected chi connectivity index (χ3v) is 4.40. The Balaban J connectivity index is 2.30. The van der Waals surface area contributed by atoms with E-state index in [1.165, 1.54) is 0 Å². The predicted octanol–water partition coefficient (Wildman–Crippen LogP) is 1.44. The van der Waals surface area contributed by atoms with Crippen molar-refractivity contribution in [3.63, 3.8) is 0 Å². The lowest BCUT2D eigenvalue weighted by Crippen LogP contribution is -2.42. The van der Waals surface area contributed by atoms with Gasteiger partial charge >= 0.3 is 0 Å². The number of ether oxygens (including phenoxy) is 1. The second-order valence-electron chi connectivity index (χ2n) is 4.88. The number of aliphatic hydroxyl groups excluding tert-OH is 2. The van der Waals surface area contributed by atoms with Gasteiger partial charge in [0.05, 0.1) is 6.61 Å². The quantitative estimate of drug-likeness (QED) is 0.644. The highest BCUT2D eigenvalue weighted by Crippen LogP contribution is 2.16. The summed E-state index contributed by atoms with van der Waals surface area (Å²) in [5.74, 6) is 0.803. The van der Waals surface area contributed by atoms with E-state index >= 15 is 0 Å². The van der Waals surface area contributed by atoms with E-state index in [1.54, 1.807) is 11.8 Å². The van der Waals surface area contributed by atoms with Crippen molar-refractivity contribution < 1.29 is 14.9 Å². The molecule has 1 rings (SSSR count). The number of hydrogen-bond acceptors (Lipinski definition) is 5. The number of benzene rings is 1. The minimum absolute atomic E-state index is 0.130. The third kappa shape index (κ3) is 5.71. The number of aliphatic hydroxyl groups is 2. The Bertz CT molecular complexity index is 385. The van der Waals surface area contributed by atoms with E-state index in [4.69, 9.17) is 4.74 Å². The predicted molar refractivity (Wildman–Crippen MR) is 84.5 cm³/mol. The number of hydrogen-bond donors (Lipinski definition) is 3. The van der Waals surface area contributed by atoms with Gasteiger partial charge in [-0.05, 0) is 31.7 Å². The summed E-state index contributed by atoms with van der Waals surface area (Å²) in [6.07, 6.45) is 1.40. The van der Waals surface area contributed by atoms with Crippen LogP contribution < -0.4 is 10.1 Å². The fourth-order valence-corrected chi connectivity index (χ4v) is 2.51. The maximum Gasteiger partial charge on any atom is 0.122 e. The highest BCUT2D eigenvalue weighted by molar-refractivity contribution is 7.99. The highest BCUT2D eigenvalue weighted by atomic mass is 32.2. The molecule has 3 N–H and O–H groups in total. The molecule has 1 aromatic rings. The minimum Gasteiger partial charge on any atom is -0.491 e. The molecule has 0 aliphatic rings. The van der Waals surface area contributed by atoms with Crippen molar-refractivity contribution in [2.75, 3.05) is 26.0 Å². The zero-order valence-corrected chi connectivity index (χ0v) is 13.2. The Hall–Kier alpha value is -0.750. The molecule has 0 aromatic heterocycles. The summed E-state index contributed by atoms with van der Waals surface area (Å²) in [6, 6.07) is 7.89. The van der Waals surface area contributed by atoms with Crippen molar-refractivity contribution >= 4 is 11.8 Å². The molecular weight excluding hydrogens is 274 g/mol. The van der Waals surface area contributed by atoms with Crippen LogP contribution in [0.3, 0.4) is 0 Å². The number of para-hydroxylation sites is 1. The molecule has 0 amide bonds. The van der Waals surface area contributed by atoms with Gasteiger partial charge in [-0.25, -0.2) is 0 Å². The lowest BCUT2D eigenvalue weighted by Gasteiger charge is -2.23. The zero-order chi connectivity index (χ0) is 15.0. The number of rotatable bonds is 9. The van der Waals surface area contributed by atoms with Gasteiger partial charge in [-0.15, -0.1) is 0 Å². The van der Waals surface area contributed by atoms with Gasteiger partial charge < -0.3 is 20.3 Å². The Kier molecular flexibility index (Phi) is 7.99. The molecule has 4 nitrogen and oxygen atoms in total. The maximum absolute atomic E-state index is 9.92. The van der Waals surface area contributed by atoms with Crippen molar-refractivity contribution in [2.45, 2.75) is 31.2 Å². The summed E-state index contributed by atoms with van der Waals surface area (Å²) >= 11 is 1.62. The van der Waals surface area contributed by atoms with Gasteiger partial charge in [0, 0.05) is 17.8 Å². The van der Waals surface area contributed by atoms with Crippen LogP contribution in [0.4, 0.5) is 0 Å². The molecule has 3 unspecified atom stereocenters. The van der Waals surface area contributed by atoms with Gasteiger partial charge in [0.15, 0.2) is 0 Å². The average Bonchev–Trinajstić information content (AvgIpc) is 2.45. The van der Waals surface area contributed by atoms with Gasteiger partial charge in [-0.1, -0.05) is 18.2 Å². The summed E-state index contributed by atoms with van der Waals surface area (Å²) in [5, 5.41) is 22.5. The monoisotopic (exact) mass is 299 g/mol. The molecule has 0 bridgehead atoms. The Morgan fingerprint density at radius 2 is 2.05 bits per heavy atom. The molecule has 0 aliphatic heterocycles. The van der Waals surface area contributed by atoms with Gasteiger partial charge in [0.2, 0.25) is 0 Å². The first-order valence-corrected chi connectivity index (χ1v) is 8.10. The molecule has 0 aliphatic carbocycles. The molecular formula is C15H25NO3S. The summed E-state index contributed by atoms with van der Waals surface area (Å²) in [7, 11) is 0. The van der Waals surface area contributed by atoms with E-state index in [2.05, 4.69) is 5.32 Å². The normalized spacial score (nSPS) is 15.7. The molecule has 20 heavy (non-hydrogen) atoms. The smallest absolute Gasteiger partial charge is 0.122 e. The Morgan fingerprint density at radius 1 is 1.35 bits per heavy atom. The van der Waals surface area contributed by atoms with Crippen LogP contribution in [0.2, 0.25) is 0 Å². The van der Waals surface area contributed by atoms with Gasteiger partial charge in [0.1, 0.15) is 18.5 Å². The molecule has 5 heteroatoms. The first-order chi connectivity index (χ1) is 9.58. The van der Waals surface area contributed by atoms with Crippen molar-refractivity contribution in [1.29, 1.82) is 0 Å². The fourth-order valence-electron chi connectivity index (χ4n) is 1.85. The summed E-state index contributed by atoms with van der Waals surface area (Å²) in [5.41, 5.74) is 1.06. The van der Waals surface area contributed by atoms with E-state index in [-0.39, 0.29) is 24.5 Å². The van der Waals surface area contributed by atoms with Crippen LogP contribution in [-0.2, 0) is 0 Å². The molecule has 0 saturated heterocycles. The number of nitrogens with one attached hydrogen (secondary N) is 1. The summed E-state index contributed by atoms with van der Waals surface area (Å²) in [6.45, 7) is 4.82. The molecule has 0 saturated carbocycles. The zero-order valence-electron chi connectivity index (χ0n) is 12.4. The Labute approximate surface area is 125 Å². The first kappa shape index (κ1) is 17.3. The molecule has 3 atom stereocenters. The largest absolute Gasteiger partial charge is 0.491 e. The SMILES string of the molecule is CSC(CO)C(C)NCC(O)COc1ccccc1C. The molecule has 0 spiro atoms. The lowest BCUT2D eigenvalue weighted by atomic mass is 10.2. The second kappa shape index (κ2) is 9.23. The lowest BCUT2D eigenvalue weighted by molar-refractivity contribution is 0.103. The molecule has 0 heterocycles. The number of aryl methyl sites for hydroxylation is 1. The minimum atomic E-state index is -0.571. The van der Waals surface area contributed by atoms with Gasteiger partial charge in [-0.2, -0.15) is 11.8 Å². The van der Waals surface area contributed by atoms with E-state index < -0.39 is 6.10 Å². The van der Waals surface area contributed by atoms with Crippen LogP contribution in [-0.4, -0.2) is 53.6 Å². The van der Waals surface area contributed by atoms with Gasteiger partial charge in [-0.3, -0.25) is 0 Å². The van der Waals surface area contributed by atoms with E-state index in [0.29, 0.717) is 6.54 Å². The standard InChI is InChI=1S/C15H25NO3S/c1-11-6-4-5-7-14(11)19-10-13(18)8-16-12(2)15(9-17)20-3/h4-7,12-13,15-18H,8-10H2,1-3H3. The van der Waals surface area contributed by atoms with Gasteiger partial charge in [0.25, 0.3) is 0 Å². The van der Waals surface area contributed by atoms with Crippen molar-refractivity contribution in [1.82, 2.24) is 5.32 Å². The number of thioether (sulfide) groups is 1. The molecule has 1 aromatic carbocycles. The van der Waals surface area contributed by atoms with Crippen molar-refractivity contribution in [3.05, 3.63) is 29.8 Å². The van der Waals surface area contributed by atoms with E-state index in [1.807, 2.05) is 44.4 Å². The fraction of sp³-hybridized carbons (Fsp3) is 0.600.